The monoisotopic (exact) mass is 589 g/mol. The van der Waals surface area contributed by atoms with Gasteiger partial charge in [-0.25, -0.2) is 13.2 Å². The topological polar surface area (TPSA) is 73.8 Å². The molecule has 7 nitrogen and oxygen atoms in total. The average Bonchev–Trinajstić information content (AvgIpc) is 3.54. The van der Waals surface area contributed by atoms with Crippen LogP contribution in [-0.2, 0) is 0 Å². The van der Waals surface area contributed by atoms with E-state index in [0.717, 1.165) is 68.2 Å². The van der Waals surface area contributed by atoms with E-state index in [1.807, 2.05) is 19.1 Å². The molecule has 0 saturated carbocycles. The Balaban J connectivity index is 1.27. The number of benzene rings is 3. The first-order valence-electron chi connectivity index (χ1n) is 15.2. The highest BCUT2D eigenvalue weighted by Gasteiger charge is 2.49. The Bertz CT molecular complexity index is 1760. The van der Waals surface area contributed by atoms with Crippen molar-refractivity contribution in [2.45, 2.75) is 62.8 Å². The number of alkyl halides is 1. The predicted octanol–water partition coefficient (Wildman–Crippen LogP) is 5.64. The molecule has 0 spiro atoms. The van der Waals surface area contributed by atoms with Crippen LogP contribution in [-0.4, -0.2) is 76.6 Å². The van der Waals surface area contributed by atoms with Crippen molar-refractivity contribution in [1.29, 1.82) is 0 Å². The van der Waals surface area contributed by atoms with Crippen LogP contribution < -0.4 is 15.0 Å². The van der Waals surface area contributed by atoms with Crippen LogP contribution in [0.2, 0.25) is 0 Å². The van der Waals surface area contributed by atoms with Crippen molar-refractivity contribution in [3.8, 4) is 22.9 Å². The number of aromatic nitrogens is 2. The molecular formula is C33H34F3N5O2. The van der Waals surface area contributed by atoms with Gasteiger partial charge in [0, 0.05) is 48.9 Å². The Kier molecular flexibility index (Phi) is 6.24. The molecule has 1 unspecified atom stereocenters. The summed E-state index contributed by atoms with van der Waals surface area (Å²) in [5, 5.41) is 15.5. The van der Waals surface area contributed by atoms with Crippen molar-refractivity contribution < 1.29 is 23.0 Å². The molecule has 1 aromatic heterocycles. The van der Waals surface area contributed by atoms with Gasteiger partial charge in [-0.3, -0.25) is 4.90 Å². The Morgan fingerprint density at radius 1 is 1.09 bits per heavy atom. The maximum absolute atomic E-state index is 15.2. The minimum Gasteiger partial charge on any atom is -0.508 e. The number of halogens is 3. The molecule has 9 rings (SSSR count). The third-order valence-corrected chi connectivity index (χ3v) is 10.2. The number of piperidine rings is 2. The van der Waals surface area contributed by atoms with E-state index in [0.29, 0.717) is 47.6 Å². The van der Waals surface area contributed by atoms with Crippen LogP contribution in [0.5, 0.6) is 11.8 Å². The van der Waals surface area contributed by atoms with Crippen molar-refractivity contribution in [2.75, 3.05) is 37.7 Å². The lowest BCUT2D eigenvalue weighted by Crippen LogP contribution is -2.61. The van der Waals surface area contributed by atoms with Crippen LogP contribution in [0, 0.1) is 18.6 Å². The minimum absolute atomic E-state index is 0.0413. The number of phenols is 1. The van der Waals surface area contributed by atoms with Gasteiger partial charge in [0.1, 0.15) is 24.3 Å². The van der Waals surface area contributed by atoms with Gasteiger partial charge in [-0.05, 0) is 85.5 Å². The molecule has 4 atom stereocenters. The molecule has 0 aliphatic carbocycles. The Labute approximate surface area is 247 Å². The zero-order chi connectivity index (χ0) is 29.5. The average molecular weight is 590 g/mol. The summed E-state index contributed by atoms with van der Waals surface area (Å²) in [6.45, 7) is 5.21. The van der Waals surface area contributed by atoms with E-state index in [1.165, 1.54) is 18.2 Å². The Morgan fingerprint density at radius 3 is 2.77 bits per heavy atom. The van der Waals surface area contributed by atoms with Crippen molar-refractivity contribution in [3.05, 3.63) is 53.6 Å². The number of rotatable bonds is 5. The summed E-state index contributed by atoms with van der Waals surface area (Å²) >= 11 is 0. The molecule has 0 amide bonds. The molecule has 5 aliphatic heterocycles. The minimum atomic E-state index is -0.959. The van der Waals surface area contributed by atoms with E-state index >= 15 is 4.39 Å². The SMILES string of the molecule is Cc1c(-c2cc(O)cc3ccc(F)c(F)c23)ccc2c(N3C[C@@H]4CCC3CN4)nc(OC[C@@]34CCCN3C[C@H](F)C4)nc12. The van der Waals surface area contributed by atoms with E-state index in [2.05, 4.69) is 15.1 Å². The lowest BCUT2D eigenvalue weighted by atomic mass is 9.91. The molecule has 4 aromatic rings. The molecule has 5 saturated heterocycles. The molecule has 10 heteroatoms. The molecule has 6 heterocycles. The molecule has 5 fully saturated rings. The first-order chi connectivity index (χ1) is 20.8. The van der Waals surface area contributed by atoms with Gasteiger partial charge in [0.2, 0.25) is 0 Å². The number of hydrogen-bond donors (Lipinski definition) is 2. The quantitative estimate of drug-likeness (QED) is 0.312. The summed E-state index contributed by atoms with van der Waals surface area (Å²) in [6, 6.07) is 10.1. The Morgan fingerprint density at radius 2 is 1.98 bits per heavy atom. The van der Waals surface area contributed by atoms with Crippen molar-refractivity contribution >= 4 is 27.5 Å². The lowest BCUT2D eigenvalue weighted by molar-refractivity contribution is 0.107. The number of aromatic hydroxyl groups is 1. The van der Waals surface area contributed by atoms with Crippen LogP contribution >= 0.6 is 0 Å². The second-order valence-corrected chi connectivity index (χ2v) is 12.8. The van der Waals surface area contributed by atoms with E-state index < -0.39 is 17.8 Å². The van der Waals surface area contributed by atoms with Gasteiger partial charge in [-0.1, -0.05) is 12.1 Å². The normalized spacial score (nSPS) is 27.0. The number of aryl methyl sites for hydroxylation is 1. The summed E-state index contributed by atoms with van der Waals surface area (Å²) in [4.78, 5) is 14.4. The number of ether oxygens (including phenoxy) is 1. The summed E-state index contributed by atoms with van der Waals surface area (Å²) < 4.78 is 50.4. The second kappa shape index (κ2) is 9.95. The van der Waals surface area contributed by atoms with Gasteiger partial charge in [-0.2, -0.15) is 9.97 Å². The number of anilines is 1. The molecule has 5 aliphatic rings. The molecule has 224 valence electrons. The number of nitrogens with one attached hydrogen (secondary N) is 1. The first-order valence-corrected chi connectivity index (χ1v) is 15.2. The summed E-state index contributed by atoms with van der Waals surface area (Å²) in [5.41, 5.74) is 2.07. The third-order valence-electron chi connectivity index (χ3n) is 10.2. The number of hydrogen-bond acceptors (Lipinski definition) is 7. The fraction of sp³-hybridized carbons (Fsp3) is 0.455. The van der Waals surface area contributed by atoms with E-state index in [9.17, 15) is 13.9 Å². The predicted molar refractivity (Wildman–Crippen MR) is 160 cm³/mol. The molecule has 2 N–H and O–H groups in total. The highest BCUT2D eigenvalue weighted by Crippen LogP contribution is 2.43. The van der Waals surface area contributed by atoms with Crippen LogP contribution in [0.15, 0.2) is 36.4 Å². The number of piperazine rings is 1. The highest BCUT2D eigenvalue weighted by molar-refractivity contribution is 6.03. The summed E-state index contributed by atoms with van der Waals surface area (Å²) in [7, 11) is 0. The lowest BCUT2D eigenvalue weighted by Gasteiger charge is -2.46. The number of nitrogens with zero attached hydrogens (tertiary/aromatic N) is 4. The smallest absolute Gasteiger partial charge is 0.319 e. The largest absolute Gasteiger partial charge is 0.508 e. The summed E-state index contributed by atoms with van der Waals surface area (Å²) in [6.07, 6.45) is 3.66. The van der Waals surface area contributed by atoms with Crippen LogP contribution in [0.25, 0.3) is 32.8 Å². The van der Waals surface area contributed by atoms with Crippen LogP contribution in [0.1, 0.15) is 37.7 Å². The third kappa shape index (κ3) is 4.32. The maximum Gasteiger partial charge on any atom is 0.319 e. The van der Waals surface area contributed by atoms with Gasteiger partial charge in [0.25, 0.3) is 0 Å². The van der Waals surface area contributed by atoms with E-state index in [4.69, 9.17) is 14.7 Å². The van der Waals surface area contributed by atoms with Crippen molar-refractivity contribution in [1.82, 2.24) is 20.2 Å². The second-order valence-electron chi connectivity index (χ2n) is 12.8. The zero-order valence-electron chi connectivity index (χ0n) is 24.0. The van der Waals surface area contributed by atoms with Gasteiger partial charge < -0.3 is 20.1 Å². The zero-order valence-corrected chi connectivity index (χ0v) is 24.0. The standard InChI is InChI=1S/C33H34F3N5O2/c1-18-24(26-12-23(42)11-19-3-8-27(35)29(36)28(19)26)6-7-25-30(18)38-32(39-31(25)41-16-21-4-5-22(41)14-37-21)43-17-33-9-2-10-40(33)15-20(34)13-33/h3,6-8,11-12,20-22,37,42H,2,4-5,9-10,13-17H2,1H3/t20-,21+,22?,33+/m1/s1. The van der Waals surface area contributed by atoms with Gasteiger partial charge in [0.15, 0.2) is 11.6 Å². The van der Waals surface area contributed by atoms with Gasteiger partial charge in [0.05, 0.1) is 11.1 Å². The number of fused-ring (bicyclic) bond motifs is 6. The van der Waals surface area contributed by atoms with E-state index in [1.54, 1.807) is 0 Å². The maximum atomic E-state index is 15.2. The first kappa shape index (κ1) is 27.0. The van der Waals surface area contributed by atoms with Crippen LogP contribution in [0.3, 0.4) is 0 Å². The van der Waals surface area contributed by atoms with E-state index in [-0.39, 0.29) is 28.7 Å². The number of phenolic OH excluding ortho intramolecular Hbond substituents is 1. The molecule has 2 bridgehead atoms. The molecule has 3 aromatic carbocycles. The van der Waals surface area contributed by atoms with Crippen molar-refractivity contribution in [3.63, 3.8) is 0 Å². The fourth-order valence-electron chi connectivity index (χ4n) is 8.08. The summed E-state index contributed by atoms with van der Waals surface area (Å²) in [5.74, 6) is -1.16. The fourth-order valence-corrected chi connectivity index (χ4v) is 8.08. The molecule has 43 heavy (non-hydrogen) atoms. The van der Waals surface area contributed by atoms with Crippen molar-refractivity contribution in [2.24, 2.45) is 0 Å². The highest BCUT2D eigenvalue weighted by atomic mass is 19.2. The Hall–Kier alpha value is -3.63. The van der Waals surface area contributed by atoms with Gasteiger partial charge >= 0.3 is 6.01 Å². The van der Waals surface area contributed by atoms with Crippen LogP contribution in [0.4, 0.5) is 19.0 Å². The molecule has 0 radical (unpaired) electrons. The molecular weight excluding hydrogens is 555 g/mol. The van der Waals surface area contributed by atoms with Gasteiger partial charge in [-0.15, -0.1) is 0 Å².